The highest BCUT2D eigenvalue weighted by molar-refractivity contribution is 7.21. The van der Waals surface area contributed by atoms with E-state index >= 15 is 0 Å². The van der Waals surface area contributed by atoms with Crippen LogP contribution in [0.4, 0.5) is 10.1 Å². The molecule has 1 saturated carbocycles. The van der Waals surface area contributed by atoms with Crippen molar-refractivity contribution in [3.05, 3.63) is 28.9 Å². The summed E-state index contributed by atoms with van der Waals surface area (Å²) in [6, 6.07) is 5.16. The van der Waals surface area contributed by atoms with Gasteiger partial charge < -0.3 is 10.6 Å². The van der Waals surface area contributed by atoms with Gasteiger partial charge in [-0.15, -0.1) is 11.3 Å². The molecule has 0 atom stereocenters. The van der Waals surface area contributed by atoms with Gasteiger partial charge in [-0.2, -0.15) is 0 Å². The van der Waals surface area contributed by atoms with Crippen LogP contribution in [0.15, 0.2) is 18.2 Å². The van der Waals surface area contributed by atoms with Crippen molar-refractivity contribution in [1.29, 1.82) is 0 Å². The predicted octanol–water partition coefficient (Wildman–Crippen LogP) is 3.88. The summed E-state index contributed by atoms with van der Waals surface area (Å²) in [5.74, 6) is -0.00618. The van der Waals surface area contributed by atoms with Gasteiger partial charge in [0, 0.05) is 17.3 Å². The molecule has 1 aromatic carbocycles. The smallest absolute Gasteiger partial charge is 0.266 e. The number of nitrogen functional groups attached to an aromatic ring is 1. The second-order valence-electron chi connectivity index (χ2n) is 6.04. The average molecular weight is 306 g/mol. The van der Waals surface area contributed by atoms with E-state index in [1.165, 1.54) is 17.4 Å². The molecule has 0 bridgehead atoms. The summed E-state index contributed by atoms with van der Waals surface area (Å²) in [7, 11) is 0. The second-order valence-corrected chi connectivity index (χ2v) is 7.09. The molecule has 0 spiro atoms. The Morgan fingerprint density at radius 1 is 1.48 bits per heavy atom. The van der Waals surface area contributed by atoms with E-state index in [0.717, 1.165) is 24.1 Å². The average Bonchev–Trinajstić information content (AvgIpc) is 3.20. The molecule has 0 aliphatic heterocycles. The lowest BCUT2D eigenvalue weighted by atomic mass is 10.1. The molecule has 1 aromatic heterocycles. The van der Waals surface area contributed by atoms with Crippen LogP contribution in [0, 0.1) is 11.7 Å². The van der Waals surface area contributed by atoms with E-state index in [1.807, 2.05) is 4.90 Å². The number of hydrogen-bond donors (Lipinski definition) is 1. The molecule has 0 saturated heterocycles. The highest BCUT2D eigenvalue weighted by Gasteiger charge is 2.35. The van der Waals surface area contributed by atoms with Crippen LogP contribution in [0.5, 0.6) is 0 Å². The quantitative estimate of drug-likeness (QED) is 0.931. The second kappa shape index (κ2) is 5.30. The number of amides is 1. The van der Waals surface area contributed by atoms with Crippen LogP contribution in [-0.4, -0.2) is 23.4 Å². The number of nitrogens with two attached hydrogens (primary N) is 1. The third-order valence-electron chi connectivity index (χ3n) is 3.71. The molecule has 1 heterocycles. The zero-order chi connectivity index (χ0) is 15.1. The summed E-state index contributed by atoms with van der Waals surface area (Å²) >= 11 is 1.29. The molecule has 0 unspecified atom stereocenters. The summed E-state index contributed by atoms with van der Waals surface area (Å²) in [6.07, 6.45) is 2.11. The SMILES string of the molecule is CC(C)CN(C(=O)c1sc2cccc(F)c2c1N)C1CC1. The number of rotatable bonds is 4. The summed E-state index contributed by atoms with van der Waals surface area (Å²) in [6.45, 7) is 4.91. The van der Waals surface area contributed by atoms with E-state index in [2.05, 4.69) is 13.8 Å². The molecule has 3 rings (SSSR count). The van der Waals surface area contributed by atoms with Crippen LogP contribution in [0.3, 0.4) is 0 Å². The Morgan fingerprint density at radius 3 is 2.76 bits per heavy atom. The van der Waals surface area contributed by atoms with Crippen LogP contribution in [0.1, 0.15) is 36.4 Å². The number of thiophene rings is 1. The molecule has 1 aliphatic rings. The number of halogens is 1. The molecule has 21 heavy (non-hydrogen) atoms. The Kier molecular flexibility index (Phi) is 3.61. The lowest BCUT2D eigenvalue weighted by molar-refractivity contribution is 0.0728. The fourth-order valence-electron chi connectivity index (χ4n) is 2.60. The lowest BCUT2D eigenvalue weighted by Gasteiger charge is -2.24. The molecule has 2 N–H and O–H groups in total. The van der Waals surface area contributed by atoms with Gasteiger partial charge >= 0.3 is 0 Å². The van der Waals surface area contributed by atoms with E-state index in [4.69, 9.17) is 5.73 Å². The maximum atomic E-state index is 13.9. The number of nitrogens with zero attached hydrogens (tertiary/aromatic N) is 1. The third-order valence-corrected chi connectivity index (χ3v) is 4.86. The Hall–Kier alpha value is -1.62. The van der Waals surface area contributed by atoms with Crippen molar-refractivity contribution in [2.45, 2.75) is 32.7 Å². The number of carbonyl (C=O) groups excluding carboxylic acids is 1. The first-order chi connectivity index (χ1) is 9.99. The first-order valence-corrected chi connectivity index (χ1v) is 8.08. The summed E-state index contributed by atoms with van der Waals surface area (Å²) in [5, 5.41) is 0.381. The van der Waals surface area contributed by atoms with Crippen molar-refractivity contribution >= 4 is 33.0 Å². The Balaban J connectivity index is 2.00. The van der Waals surface area contributed by atoms with Crippen LogP contribution in [0.2, 0.25) is 0 Å². The molecule has 1 amide bonds. The first kappa shape index (κ1) is 14.3. The van der Waals surface area contributed by atoms with Crippen LogP contribution in [0.25, 0.3) is 10.1 Å². The monoisotopic (exact) mass is 306 g/mol. The number of hydrogen-bond acceptors (Lipinski definition) is 3. The molecular formula is C16H19FN2OS. The molecular weight excluding hydrogens is 287 g/mol. The number of fused-ring (bicyclic) bond motifs is 1. The van der Waals surface area contributed by atoms with Gasteiger partial charge in [-0.1, -0.05) is 19.9 Å². The minimum absolute atomic E-state index is 0.0516. The van der Waals surface area contributed by atoms with E-state index in [0.29, 0.717) is 22.2 Å². The van der Waals surface area contributed by atoms with Gasteiger partial charge in [0.05, 0.1) is 11.1 Å². The van der Waals surface area contributed by atoms with Crippen LogP contribution in [-0.2, 0) is 0 Å². The van der Waals surface area contributed by atoms with Crippen LogP contribution >= 0.6 is 11.3 Å². The topological polar surface area (TPSA) is 46.3 Å². The molecule has 112 valence electrons. The van der Waals surface area contributed by atoms with Gasteiger partial charge in [-0.3, -0.25) is 4.79 Å². The molecule has 1 aliphatic carbocycles. The van der Waals surface area contributed by atoms with Crippen molar-refractivity contribution in [1.82, 2.24) is 4.90 Å². The standard InChI is InChI=1S/C16H19FN2OS/c1-9(2)8-19(10-6-7-10)16(20)15-14(18)13-11(17)4-3-5-12(13)21-15/h3-5,9-10H,6-8,18H2,1-2H3. The minimum atomic E-state index is -0.359. The molecule has 2 aromatic rings. The van der Waals surface area contributed by atoms with Crippen molar-refractivity contribution in [2.24, 2.45) is 5.92 Å². The lowest BCUT2D eigenvalue weighted by Crippen LogP contribution is -2.36. The summed E-state index contributed by atoms with van der Waals surface area (Å²) < 4.78 is 14.6. The zero-order valence-electron chi connectivity index (χ0n) is 12.2. The largest absolute Gasteiger partial charge is 0.397 e. The molecule has 3 nitrogen and oxygen atoms in total. The fourth-order valence-corrected chi connectivity index (χ4v) is 3.69. The minimum Gasteiger partial charge on any atom is -0.397 e. The summed E-state index contributed by atoms with van der Waals surface area (Å²) in [4.78, 5) is 15.2. The Bertz CT molecular complexity index is 691. The van der Waals surface area contributed by atoms with Gasteiger partial charge in [-0.25, -0.2) is 4.39 Å². The number of anilines is 1. The maximum absolute atomic E-state index is 13.9. The Labute approximate surface area is 127 Å². The molecule has 1 fully saturated rings. The number of benzene rings is 1. The van der Waals surface area contributed by atoms with Crippen molar-refractivity contribution < 1.29 is 9.18 Å². The predicted molar refractivity (Wildman–Crippen MR) is 85.1 cm³/mol. The summed E-state index contributed by atoms with van der Waals surface area (Å²) in [5.41, 5.74) is 6.34. The normalized spacial score (nSPS) is 14.9. The van der Waals surface area contributed by atoms with Gasteiger partial charge in [0.15, 0.2) is 0 Å². The van der Waals surface area contributed by atoms with Crippen molar-refractivity contribution in [3.63, 3.8) is 0 Å². The fraction of sp³-hybridized carbons (Fsp3) is 0.438. The highest BCUT2D eigenvalue weighted by atomic mass is 32.1. The van der Waals surface area contributed by atoms with Gasteiger partial charge in [0.2, 0.25) is 0 Å². The van der Waals surface area contributed by atoms with E-state index < -0.39 is 0 Å². The maximum Gasteiger partial charge on any atom is 0.266 e. The zero-order valence-corrected chi connectivity index (χ0v) is 13.0. The molecule has 0 radical (unpaired) electrons. The van der Waals surface area contributed by atoms with Gasteiger partial charge in [0.25, 0.3) is 5.91 Å². The highest BCUT2D eigenvalue weighted by Crippen LogP contribution is 2.38. The van der Waals surface area contributed by atoms with Gasteiger partial charge in [0.1, 0.15) is 10.7 Å². The van der Waals surface area contributed by atoms with Gasteiger partial charge in [-0.05, 0) is 30.9 Å². The van der Waals surface area contributed by atoms with Crippen molar-refractivity contribution in [2.75, 3.05) is 12.3 Å². The van der Waals surface area contributed by atoms with Crippen LogP contribution < -0.4 is 5.73 Å². The van der Waals surface area contributed by atoms with E-state index in [-0.39, 0.29) is 17.4 Å². The van der Waals surface area contributed by atoms with E-state index in [1.54, 1.807) is 12.1 Å². The van der Waals surface area contributed by atoms with Crippen molar-refractivity contribution in [3.8, 4) is 0 Å². The van der Waals surface area contributed by atoms with E-state index in [9.17, 15) is 9.18 Å². The Morgan fingerprint density at radius 2 is 2.19 bits per heavy atom. The number of carbonyl (C=O) groups is 1. The third kappa shape index (κ3) is 2.62. The molecule has 5 heteroatoms. The first-order valence-electron chi connectivity index (χ1n) is 7.26.